The molecular formula is C23H32O5. The molecular weight excluding hydrogens is 356 g/mol. The van der Waals surface area contributed by atoms with E-state index in [-0.39, 0.29) is 40.8 Å². The molecule has 0 aromatic carbocycles. The van der Waals surface area contributed by atoms with Gasteiger partial charge in [0.25, 0.3) is 0 Å². The minimum atomic E-state index is -0.397. The standard InChI is InChI=1S/C23H32O5/c1-14(24)27-12-18(26)17-3-4-19-21(17,2)8-7-20-22-9-6-16(25)11-15(22)5-10-23(19,20)28-13-22/h4,15-17,20,25H,3,5-13H2,1-2H3/t15-,16-,17+,20+,21+,22+,23+/m0/s1. The lowest BCUT2D eigenvalue weighted by Crippen LogP contribution is -2.57. The van der Waals surface area contributed by atoms with Crippen LogP contribution in [-0.2, 0) is 19.1 Å². The summed E-state index contributed by atoms with van der Waals surface area (Å²) in [6.45, 7) is 4.29. The van der Waals surface area contributed by atoms with Gasteiger partial charge in [-0.1, -0.05) is 13.0 Å². The van der Waals surface area contributed by atoms with Crippen molar-refractivity contribution >= 4 is 11.8 Å². The highest BCUT2D eigenvalue weighted by atomic mass is 16.5. The minimum Gasteiger partial charge on any atom is -0.458 e. The predicted molar refractivity (Wildman–Crippen MR) is 102 cm³/mol. The third-order valence-corrected chi connectivity index (χ3v) is 9.19. The summed E-state index contributed by atoms with van der Waals surface area (Å²) in [7, 11) is 0. The minimum absolute atomic E-state index is 0.0426. The van der Waals surface area contributed by atoms with Crippen molar-refractivity contribution in [1.82, 2.24) is 0 Å². The Bertz CT molecular complexity index is 743. The average Bonchev–Trinajstić information content (AvgIpc) is 3.12. The molecule has 5 aliphatic rings. The van der Waals surface area contributed by atoms with Crippen LogP contribution in [0.5, 0.6) is 0 Å². The van der Waals surface area contributed by atoms with E-state index in [9.17, 15) is 14.7 Å². The van der Waals surface area contributed by atoms with Gasteiger partial charge in [0.2, 0.25) is 0 Å². The Labute approximate surface area is 166 Å². The van der Waals surface area contributed by atoms with Crippen LogP contribution in [0.15, 0.2) is 11.6 Å². The lowest BCUT2D eigenvalue weighted by Gasteiger charge is -2.58. The van der Waals surface area contributed by atoms with Gasteiger partial charge in [-0.15, -0.1) is 0 Å². The fourth-order valence-corrected chi connectivity index (χ4v) is 7.94. The summed E-state index contributed by atoms with van der Waals surface area (Å²) in [5.41, 5.74) is 1.20. The fourth-order valence-electron chi connectivity index (χ4n) is 7.94. The molecule has 1 heterocycles. The quantitative estimate of drug-likeness (QED) is 0.594. The smallest absolute Gasteiger partial charge is 0.303 e. The van der Waals surface area contributed by atoms with E-state index in [1.165, 1.54) is 12.5 Å². The van der Waals surface area contributed by atoms with Crippen molar-refractivity contribution in [3.05, 3.63) is 11.6 Å². The lowest BCUT2D eigenvalue weighted by molar-refractivity contribution is -0.148. The second kappa shape index (κ2) is 6.15. The van der Waals surface area contributed by atoms with Crippen molar-refractivity contribution in [3.63, 3.8) is 0 Å². The van der Waals surface area contributed by atoms with Gasteiger partial charge < -0.3 is 14.6 Å². The molecule has 1 saturated heterocycles. The lowest BCUT2D eigenvalue weighted by atomic mass is 9.45. The van der Waals surface area contributed by atoms with E-state index in [0.29, 0.717) is 11.8 Å². The Morgan fingerprint density at radius 1 is 1.25 bits per heavy atom. The van der Waals surface area contributed by atoms with Gasteiger partial charge in [-0.2, -0.15) is 0 Å². The molecule has 28 heavy (non-hydrogen) atoms. The van der Waals surface area contributed by atoms with E-state index >= 15 is 0 Å². The first kappa shape index (κ1) is 18.8. The number of fused-ring (bicyclic) bond motifs is 1. The molecule has 7 atom stereocenters. The maximum Gasteiger partial charge on any atom is 0.303 e. The number of aliphatic hydroxyl groups is 1. The summed E-state index contributed by atoms with van der Waals surface area (Å²) in [5.74, 6) is 0.632. The number of esters is 1. The second-order valence-electron chi connectivity index (χ2n) is 10.2. The molecule has 0 amide bonds. The molecule has 2 bridgehead atoms. The van der Waals surface area contributed by atoms with E-state index < -0.39 is 5.97 Å². The zero-order chi connectivity index (χ0) is 19.7. The Balaban J connectivity index is 1.43. The molecule has 5 nitrogen and oxygen atoms in total. The highest BCUT2D eigenvalue weighted by molar-refractivity contribution is 5.86. The van der Waals surface area contributed by atoms with Crippen molar-refractivity contribution in [2.24, 2.45) is 28.6 Å². The van der Waals surface area contributed by atoms with Gasteiger partial charge >= 0.3 is 5.97 Å². The summed E-state index contributed by atoms with van der Waals surface area (Å²) in [4.78, 5) is 24.0. The van der Waals surface area contributed by atoms with Crippen LogP contribution >= 0.6 is 0 Å². The normalized spacial score (nSPS) is 48.9. The van der Waals surface area contributed by atoms with E-state index in [1.807, 2.05) is 0 Å². The first-order valence-corrected chi connectivity index (χ1v) is 11.0. The van der Waals surface area contributed by atoms with Gasteiger partial charge in [0.15, 0.2) is 5.78 Å². The van der Waals surface area contributed by atoms with Crippen LogP contribution < -0.4 is 0 Å². The van der Waals surface area contributed by atoms with Crippen molar-refractivity contribution < 1.29 is 24.2 Å². The summed E-state index contributed by atoms with van der Waals surface area (Å²) < 4.78 is 11.7. The zero-order valence-electron chi connectivity index (χ0n) is 17.0. The van der Waals surface area contributed by atoms with Crippen LogP contribution in [0.4, 0.5) is 0 Å². The van der Waals surface area contributed by atoms with Crippen LogP contribution in [0.2, 0.25) is 0 Å². The van der Waals surface area contributed by atoms with E-state index in [1.54, 1.807) is 0 Å². The number of carbonyl (C=O) groups is 2. The SMILES string of the molecule is CC(=O)OCC(=O)[C@H]1CC=C2[C@]1(C)CC[C@@H]1[C@@]34CC[C@H](O)C[C@@H]3CC[C@@]21OC4. The average molecular weight is 389 g/mol. The second-order valence-corrected chi connectivity index (χ2v) is 10.2. The van der Waals surface area contributed by atoms with Gasteiger partial charge in [-0.3, -0.25) is 9.59 Å². The topological polar surface area (TPSA) is 72.8 Å². The molecule has 0 aromatic rings. The fraction of sp³-hybridized carbons (Fsp3) is 0.826. The molecule has 4 fully saturated rings. The van der Waals surface area contributed by atoms with Crippen molar-refractivity contribution in [2.45, 2.75) is 76.9 Å². The summed E-state index contributed by atoms with van der Waals surface area (Å²) in [6.07, 6.45) is 10.0. The Morgan fingerprint density at radius 3 is 2.86 bits per heavy atom. The number of hydrogen-bond acceptors (Lipinski definition) is 5. The highest BCUT2D eigenvalue weighted by Crippen LogP contribution is 2.71. The Hall–Kier alpha value is -1.20. The van der Waals surface area contributed by atoms with Gasteiger partial charge in [0.1, 0.15) is 6.61 Å². The first-order chi connectivity index (χ1) is 13.3. The van der Waals surface area contributed by atoms with Crippen molar-refractivity contribution in [3.8, 4) is 0 Å². The zero-order valence-corrected chi connectivity index (χ0v) is 17.0. The molecule has 0 aromatic heterocycles. The number of Topliss-reactive ketones (excluding diaryl/α,β-unsaturated/α-hetero) is 1. The largest absolute Gasteiger partial charge is 0.458 e. The van der Waals surface area contributed by atoms with Crippen LogP contribution in [0.3, 0.4) is 0 Å². The molecule has 0 radical (unpaired) electrons. The van der Waals surface area contributed by atoms with Crippen LogP contribution in [0, 0.1) is 28.6 Å². The van der Waals surface area contributed by atoms with Gasteiger partial charge in [0.05, 0.1) is 18.3 Å². The van der Waals surface area contributed by atoms with Crippen LogP contribution in [-0.4, -0.2) is 41.8 Å². The summed E-state index contributed by atoms with van der Waals surface area (Å²) in [6, 6.07) is 0. The van der Waals surface area contributed by atoms with E-state index in [4.69, 9.17) is 9.47 Å². The van der Waals surface area contributed by atoms with Gasteiger partial charge in [0, 0.05) is 23.7 Å². The molecule has 3 saturated carbocycles. The van der Waals surface area contributed by atoms with Crippen molar-refractivity contribution in [2.75, 3.05) is 13.2 Å². The molecule has 5 heteroatoms. The molecule has 154 valence electrons. The first-order valence-electron chi connectivity index (χ1n) is 11.0. The monoisotopic (exact) mass is 388 g/mol. The van der Waals surface area contributed by atoms with Crippen LogP contribution in [0.25, 0.3) is 0 Å². The molecule has 0 unspecified atom stereocenters. The number of rotatable bonds is 3. The Kier molecular flexibility index (Phi) is 4.13. The number of ketones is 1. The molecule has 5 rings (SSSR count). The maximum absolute atomic E-state index is 12.9. The summed E-state index contributed by atoms with van der Waals surface area (Å²) in [5, 5.41) is 10.2. The van der Waals surface area contributed by atoms with Gasteiger partial charge in [-0.05, 0) is 68.8 Å². The Morgan fingerprint density at radius 2 is 2.07 bits per heavy atom. The predicted octanol–water partition coefficient (Wildman–Crippen LogP) is 3.19. The third kappa shape index (κ3) is 2.32. The number of ether oxygens (including phenoxy) is 2. The number of aliphatic hydroxyl groups excluding tert-OH is 1. The number of carbonyl (C=O) groups excluding carboxylic acids is 2. The van der Waals surface area contributed by atoms with Gasteiger partial charge in [-0.25, -0.2) is 0 Å². The molecule has 1 spiro atoms. The molecule has 1 aliphatic heterocycles. The number of allylic oxidation sites excluding steroid dienone is 1. The maximum atomic E-state index is 12.9. The highest BCUT2D eigenvalue weighted by Gasteiger charge is 2.70. The van der Waals surface area contributed by atoms with E-state index in [0.717, 1.165) is 58.0 Å². The summed E-state index contributed by atoms with van der Waals surface area (Å²) >= 11 is 0. The van der Waals surface area contributed by atoms with Crippen molar-refractivity contribution in [1.29, 1.82) is 0 Å². The number of hydrogen-bond donors (Lipinski definition) is 1. The molecule has 1 N–H and O–H groups in total. The van der Waals surface area contributed by atoms with E-state index in [2.05, 4.69) is 13.0 Å². The van der Waals surface area contributed by atoms with Crippen LogP contribution in [0.1, 0.15) is 65.2 Å². The molecule has 4 aliphatic carbocycles. The third-order valence-electron chi connectivity index (χ3n) is 9.19.